The molecule has 0 bridgehead atoms. The molecule has 0 aliphatic heterocycles. The molecule has 1 saturated carbocycles. The highest BCUT2D eigenvalue weighted by Crippen LogP contribution is 2.28. The largest absolute Gasteiger partial charge is 0.354 e. The van der Waals surface area contributed by atoms with Crippen LogP contribution < -0.4 is 16.4 Å². The maximum absolute atomic E-state index is 11.6. The average Bonchev–Trinajstić information content (AvgIpc) is 2.12. The Hall–Kier alpha value is -1.10. The van der Waals surface area contributed by atoms with Crippen LogP contribution in [0.1, 0.15) is 39.5 Å². The van der Waals surface area contributed by atoms with Crippen LogP contribution >= 0.6 is 0 Å². The van der Waals surface area contributed by atoms with Gasteiger partial charge in [0.05, 0.1) is 5.54 Å². The Morgan fingerprint density at radius 2 is 2.00 bits per heavy atom. The molecule has 0 saturated heterocycles. The minimum Gasteiger partial charge on any atom is -0.354 e. The van der Waals surface area contributed by atoms with Gasteiger partial charge in [0.1, 0.15) is 0 Å². The third-order valence-electron chi connectivity index (χ3n) is 2.79. The van der Waals surface area contributed by atoms with Crippen LogP contribution in [0, 0.1) is 0 Å². The highest BCUT2D eigenvalue weighted by molar-refractivity contribution is 5.87. The molecule has 1 aliphatic rings. The molecule has 5 nitrogen and oxygen atoms in total. The van der Waals surface area contributed by atoms with Crippen molar-refractivity contribution in [2.24, 2.45) is 5.73 Å². The van der Waals surface area contributed by atoms with Crippen LogP contribution in [0.5, 0.6) is 0 Å². The predicted octanol–water partition coefficient (Wildman–Crippen LogP) is -0.101. The van der Waals surface area contributed by atoms with Gasteiger partial charge in [-0.05, 0) is 33.1 Å². The summed E-state index contributed by atoms with van der Waals surface area (Å²) in [5, 5.41) is 5.47. The Morgan fingerprint density at radius 3 is 2.44 bits per heavy atom. The standard InChI is InChI=1S/C11H21N3O2/c1-8(2)14-9(15)4-7-13-10(16)11(12)5-3-6-11/h8H,3-7,12H2,1-2H3,(H,13,16)(H,14,15). The van der Waals surface area contributed by atoms with Gasteiger partial charge in [0.2, 0.25) is 11.8 Å². The maximum Gasteiger partial charge on any atom is 0.240 e. The Kier molecular flexibility index (Phi) is 4.29. The molecule has 16 heavy (non-hydrogen) atoms. The van der Waals surface area contributed by atoms with Gasteiger partial charge in [0, 0.05) is 19.0 Å². The van der Waals surface area contributed by atoms with Crippen molar-refractivity contribution in [2.45, 2.75) is 51.1 Å². The third-order valence-corrected chi connectivity index (χ3v) is 2.79. The zero-order valence-electron chi connectivity index (χ0n) is 10.0. The number of hydrogen-bond donors (Lipinski definition) is 3. The summed E-state index contributed by atoms with van der Waals surface area (Å²) in [6, 6.07) is 0.135. The van der Waals surface area contributed by atoms with Crippen molar-refractivity contribution in [3.8, 4) is 0 Å². The minimum absolute atomic E-state index is 0.0463. The topological polar surface area (TPSA) is 84.2 Å². The van der Waals surface area contributed by atoms with E-state index >= 15 is 0 Å². The van der Waals surface area contributed by atoms with Crippen molar-refractivity contribution in [1.29, 1.82) is 0 Å². The number of nitrogens with one attached hydrogen (secondary N) is 2. The Bertz CT molecular complexity index is 272. The van der Waals surface area contributed by atoms with Crippen LogP contribution in [0.4, 0.5) is 0 Å². The lowest BCUT2D eigenvalue weighted by Gasteiger charge is -2.36. The molecular formula is C11H21N3O2. The van der Waals surface area contributed by atoms with E-state index in [1.165, 1.54) is 0 Å². The Labute approximate surface area is 96.1 Å². The number of carbonyl (C=O) groups is 2. The molecule has 5 heteroatoms. The zero-order valence-corrected chi connectivity index (χ0v) is 10.0. The summed E-state index contributed by atoms with van der Waals surface area (Å²) < 4.78 is 0. The van der Waals surface area contributed by atoms with Gasteiger partial charge in [-0.25, -0.2) is 0 Å². The van der Waals surface area contributed by atoms with Gasteiger partial charge in [0.15, 0.2) is 0 Å². The quantitative estimate of drug-likeness (QED) is 0.613. The second kappa shape index (κ2) is 5.30. The van der Waals surface area contributed by atoms with Gasteiger partial charge in [-0.2, -0.15) is 0 Å². The second-order valence-electron chi connectivity index (χ2n) is 4.74. The first kappa shape index (κ1) is 13.0. The van der Waals surface area contributed by atoms with E-state index in [-0.39, 0.29) is 17.9 Å². The van der Waals surface area contributed by atoms with Crippen molar-refractivity contribution >= 4 is 11.8 Å². The normalized spacial score (nSPS) is 17.8. The number of nitrogens with two attached hydrogens (primary N) is 1. The van der Waals surface area contributed by atoms with E-state index < -0.39 is 5.54 Å². The van der Waals surface area contributed by atoms with Gasteiger partial charge < -0.3 is 16.4 Å². The van der Waals surface area contributed by atoms with Crippen LogP contribution in [-0.4, -0.2) is 29.9 Å². The van der Waals surface area contributed by atoms with Crippen molar-refractivity contribution in [2.75, 3.05) is 6.54 Å². The molecule has 0 radical (unpaired) electrons. The van der Waals surface area contributed by atoms with E-state index in [1.54, 1.807) is 0 Å². The molecule has 0 heterocycles. The first-order valence-corrected chi connectivity index (χ1v) is 5.80. The molecule has 0 atom stereocenters. The maximum atomic E-state index is 11.6. The summed E-state index contributed by atoms with van der Waals surface area (Å²) in [7, 11) is 0. The molecule has 0 aromatic rings. The fourth-order valence-electron chi connectivity index (χ4n) is 1.64. The van der Waals surface area contributed by atoms with Crippen molar-refractivity contribution in [1.82, 2.24) is 10.6 Å². The lowest BCUT2D eigenvalue weighted by Crippen LogP contribution is -2.58. The van der Waals surface area contributed by atoms with Crippen LogP contribution in [0.2, 0.25) is 0 Å². The SMILES string of the molecule is CC(C)NC(=O)CCNC(=O)C1(N)CCC1. The summed E-state index contributed by atoms with van der Waals surface area (Å²) >= 11 is 0. The van der Waals surface area contributed by atoms with E-state index in [0.717, 1.165) is 19.3 Å². The zero-order chi connectivity index (χ0) is 12.2. The lowest BCUT2D eigenvalue weighted by atomic mass is 9.77. The van der Waals surface area contributed by atoms with Crippen LogP contribution in [0.3, 0.4) is 0 Å². The van der Waals surface area contributed by atoms with E-state index in [0.29, 0.717) is 13.0 Å². The van der Waals surface area contributed by atoms with Crippen molar-refractivity contribution in [3.05, 3.63) is 0 Å². The fraction of sp³-hybridized carbons (Fsp3) is 0.818. The number of carbonyl (C=O) groups excluding carboxylic acids is 2. The average molecular weight is 227 g/mol. The number of rotatable bonds is 5. The van der Waals surface area contributed by atoms with Crippen LogP contribution in [0.15, 0.2) is 0 Å². The molecule has 1 rings (SSSR count). The number of hydrogen-bond acceptors (Lipinski definition) is 3. The molecule has 92 valence electrons. The number of amides is 2. The molecular weight excluding hydrogens is 206 g/mol. The molecule has 1 fully saturated rings. The van der Waals surface area contributed by atoms with Crippen molar-refractivity contribution in [3.63, 3.8) is 0 Å². The van der Waals surface area contributed by atoms with Gasteiger partial charge >= 0.3 is 0 Å². The van der Waals surface area contributed by atoms with Crippen molar-refractivity contribution < 1.29 is 9.59 Å². The van der Waals surface area contributed by atoms with E-state index in [4.69, 9.17) is 5.73 Å². The Balaban J connectivity index is 2.15. The summed E-state index contributed by atoms with van der Waals surface area (Å²) in [6.45, 7) is 4.16. The first-order chi connectivity index (χ1) is 7.44. The summed E-state index contributed by atoms with van der Waals surface area (Å²) in [5.74, 6) is -0.175. The van der Waals surface area contributed by atoms with Gasteiger partial charge in [0.25, 0.3) is 0 Å². The highest BCUT2D eigenvalue weighted by atomic mass is 16.2. The van der Waals surface area contributed by atoms with E-state index in [9.17, 15) is 9.59 Å². The summed E-state index contributed by atoms with van der Waals surface area (Å²) in [5.41, 5.74) is 5.16. The lowest BCUT2D eigenvalue weighted by molar-refractivity contribution is -0.129. The summed E-state index contributed by atoms with van der Waals surface area (Å²) in [6.07, 6.45) is 2.81. The van der Waals surface area contributed by atoms with Gasteiger partial charge in [-0.1, -0.05) is 0 Å². The first-order valence-electron chi connectivity index (χ1n) is 5.80. The molecule has 0 aromatic heterocycles. The summed E-state index contributed by atoms with van der Waals surface area (Å²) in [4.78, 5) is 22.9. The predicted molar refractivity (Wildman–Crippen MR) is 61.7 cm³/mol. The third kappa shape index (κ3) is 3.48. The molecule has 0 spiro atoms. The second-order valence-corrected chi connectivity index (χ2v) is 4.74. The molecule has 1 aliphatic carbocycles. The molecule has 0 aromatic carbocycles. The molecule has 2 amide bonds. The fourth-order valence-corrected chi connectivity index (χ4v) is 1.64. The smallest absolute Gasteiger partial charge is 0.240 e. The van der Waals surface area contributed by atoms with E-state index in [1.807, 2.05) is 13.8 Å². The molecule has 4 N–H and O–H groups in total. The minimum atomic E-state index is -0.672. The van der Waals surface area contributed by atoms with E-state index in [2.05, 4.69) is 10.6 Å². The molecule has 0 unspecified atom stereocenters. The monoisotopic (exact) mass is 227 g/mol. The highest BCUT2D eigenvalue weighted by Gasteiger charge is 2.39. The van der Waals surface area contributed by atoms with Crippen LogP contribution in [0.25, 0.3) is 0 Å². The Morgan fingerprint density at radius 1 is 1.38 bits per heavy atom. The van der Waals surface area contributed by atoms with Gasteiger partial charge in [-0.3, -0.25) is 9.59 Å². The van der Waals surface area contributed by atoms with Crippen LogP contribution in [-0.2, 0) is 9.59 Å². The van der Waals surface area contributed by atoms with Gasteiger partial charge in [-0.15, -0.1) is 0 Å².